The van der Waals surface area contributed by atoms with Crippen LogP contribution in [0.25, 0.3) is 11.1 Å². The highest BCUT2D eigenvalue weighted by Crippen LogP contribution is 2.44. The smallest absolute Gasteiger partial charge is 0.407 e. The minimum atomic E-state index is -1.48. The maximum atomic E-state index is 12.8. The molecule has 3 N–H and O–H groups in total. The fraction of sp³-hybridized carbons (Fsp3) is 0.360. The first kappa shape index (κ1) is 26.1. The van der Waals surface area contributed by atoms with Crippen molar-refractivity contribution in [1.82, 2.24) is 10.6 Å². The molecule has 9 nitrogen and oxygen atoms in total. The Hall–Kier alpha value is -3.53. The minimum Gasteiger partial charge on any atom is -0.480 e. The molecule has 0 saturated carbocycles. The van der Waals surface area contributed by atoms with Gasteiger partial charge in [0.15, 0.2) is 0 Å². The van der Waals surface area contributed by atoms with Crippen LogP contribution in [0.15, 0.2) is 48.5 Å². The number of rotatable bonds is 11. The van der Waals surface area contributed by atoms with Gasteiger partial charge in [0.25, 0.3) is 0 Å². The van der Waals surface area contributed by atoms with Crippen molar-refractivity contribution in [2.75, 3.05) is 25.7 Å². The van der Waals surface area contributed by atoms with Crippen molar-refractivity contribution >= 4 is 35.7 Å². The molecule has 0 radical (unpaired) electrons. The highest BCUT2D eigenvalue weighted by Gasteiger charge is 2.31. The third kappa shape index (κ3) is 6.54. The Bertz CT molecular complexity index is 1050. The van der Waals surface area contributed by atoms with Gasteiger partial charge in [-0.25, -0.2) is 9.59 Å². The minimum absolute atomic E-state index is 0.0802. The molecule has 0 aromatic heterocycles. The number of nitrogens with one attached hydrogen (secondary N) is 2. The lowest BCUT2D eigenvalue weighted by Gasteiger charge is -2.21. The fourth-order valence-corrected chi connectivity index (χ4v) is 4.48. The molecule has 0 spiro atoms. The number of carbonyl (C=O) groups is 4. The number of alkyl carbamates (subject to hydrolysis) is 1. The Morgan fingerprint density at radius 1 is 0.971 bits per heavy atom. The number of benzene rings is 2. The molecule has 35 heavy (non-hydrogen) atoms. The highest BCUT2D eigenvalue weighted by molar-refractivity contribution is 7.98. The van der Waals surface area contributed by atoms with Gasteiger partial charge in [-0.15, -0.1) is 0 Å². The first-order chi connectivity index (χ1) is 16.8. The highest BCUT2D eigenvalue weighted by atomic mass is 32.2. The van der Waals surface area contributed by atoms with Gasteiger partial charge in [0.05, 0.1) is 13.5 Å². The number of thioether (sulfide) groups is 1. The first-order valence-corrected chi connectivity index (χ1v) is 12.5. The summed E-state index contributed by atoms with van der Waals surface area (Å²) < 4.78 is 9.99. The van der Waals surface area contributed by atoms with E-state index in [-0.39, 0.29) is 18.9 Å². The number of amides is 2. The Kier molecular flexibility index (Phi) is 9.13. The van der Waals surface area contributed by atoms with Gasteiger partial charge in [-0.05, 0) is 40.7 Å². The zero-order valence-electron chi connectivity index (χ0n) is 19.5. The number of carboxylic acids is 1. The molecule has 1 aliphatic carbocycles. The number of hydrogen-bond donors (Lipinski definition) is 3. The van der Waals surface area contributed by atoms with Crippen LogP contribution in [0.5, 0.6) is 0 Å². The third-order valence-corrected chi connectivity index (χ3v) is 6.42. The van der Waals surface area contributed by atoms with Gasteiger partial charge in [0.2, 0.25) is 5.91 Å². The molecule has 0 bridgehead atoms. The number of hydrogen-bond acceptors (Lipinski definition) is 7. The maximum absolute atomic E-state index is 12.8. The molecule has 186 valence electrons. The summed E-state index contributed by atoms with van der Waals surface area (Å²) in [7, 11) is 1.13. The molecule has 2 amide bonds. The standard InChI is InChI=1S/C25H28N2O7S/c1-33-22(28)13-21(24(30)31)26-23(29)20(11-12-35-2)27-25(32)34-14-19-17-9-5-3-7-15(17)16-8-4-6-10-18(16)19/h3-10,19-21H,11-14H2,1-2H3,(H,26,29)(H,27,32)(H,30,31)/t20-,21+/m1/s1. The molecule has 0 heterocycles. The van der Waals surface area contributed by atoms with Crippen molar-refractivity contribution < 1.29 is 33.8 Å². The second-order valence-electron chi connectivity index (χ2n) is 7.98. The van der Waals surface area contributed by atoms with Gasteiger partial charge >= 0.3 is 18.0 Å². The van der Waals surface area contributed by atoms with E-state index in [0.29, 0.717) is 5.75 Å². The first-order valence-electron chi connectivity index (χ1n) is 11.1. The van der Waals surface area contributed by atoms with Crippen molar-refractivity contribution in [2.45, 2.75) is 30.8 Å². The topological polar surface area (TPSA) is 131 Å². The summed E-state index contributed by atoms with van der Waals surface area (Å²) in [6, 6.07) is 13.4. The molecule has 3 rings (SSSR count). The Labute approximate surface area is 207 Å². The summed E-state index contributed by atoms with van der Waals surface area (Å²) in [5.74, 6) is -2.47. The average molecular weight is 501 g/mol. The number of ether oxygens (including phenoxy) is 2. The Morgan fingerprint density at radius 2 is 1.57 bits per heavy atom. The average Bonchev–Trinajstić information content (AvgIpc) is 3.18. The lowest BCUT2D eigenvalue weighted by Crippen LogP contribution is -2.52. The zero-order chi connectivity index (χ0) is 25.4. The van der Waals surface area contributed by atoms with Crippen molar-refractivity contribution in [3.05, 3.63) is 59.7 Å². The number of carbonyl (C=O) groups excluding carboxylic acids is 3. The molecule has 2 aromatic carbocycles. The second-order valence-corrected chi connectivity index (χ2v) is 8.97. The van der Waals surface area contributed by atoms with Crippen molar-refractivity contribution in [1.29, 1.82) is 0 Å². The van der Waals surface area contributed by atoms with Crippen LogP contribution in [0.1, 0.15) is 29.9 Å². The van der Waals surface area contributed by atoms with Crippen molar-refractivity contribution in [3.63, 3.8) is 0 Å². The molecule has 2 aromatic rings. The summed E-state index contributed by atoms with van der Waals surface area (Å²) in [5.41, 5.74) is 4.31. The van der Waals surface area contributed by atoms with E-state index >= 15 is 0 Å². The lowest BCUT2D eigenvalue weighted by molar-refractivity contribution is -0.148. The van der Waals surface area contributed by atoms with Crippen LogP contribution in [0.4, 0.5) is 4.79 Å². The molecule has 2 atom stereocenters. The van der Waals surface area contributed by atoms with E-state index in [4.69, 9.17) is 4.74 Å². The van der Waals surface area contributed by atoms with Crippen LogP contribution in [0.3, 0.4) is 0 Å². The lowest BCUT2D eigenvalue weighted by atomic mass is 9.98. The van der Waals surface area contributed by atoms with E-state index in [2.05, 4.69) is 15.4 Å². The van der Waals surface area contributed by atoms with Gasteiger partial charge in [-0.3, -0.25) is 9.59 Å². The van der Waals surface area contributed by atoms with E-state index in [1.165, 1.54) is 11.8 Å². The summed E-state index contributed by atoms with van der Waals surface area (Å²) in [6.07, 6.45) is 0.784. The van der Waals surface area contributed by atoms with Crippen LogP contribution >= 0.6 is 11.8 Å². The summed E-state index contributed by atoms with van der Waals surface area (Å²) in [4.78, 5) is 48.3. The number of fused-ring (bicyclic) bond motifs is 3. The fourth-order valence-electron chi connectivity index (χ4n) is 4.01. The van der Waals surface area contributed by atoms with Gasteiger partial charge in [0.1, 0.15) is 18.7 Å². The maximum Gasteiger partial charge on any atom is 0.407 e. The van der Waals surface area contributed by atoms with Crippen LogP contribution in [0.2, 0.25) is 0 Å². The zero-order valence-corrected chi connectivity index (χ0v) is 20.3. The van der Waals surface area contributed by atoms with Crippen LogP contribution in [-0.2, 0) is 23.9 Å². The Morgan fingerprint density at radius 3 is 2.11 bits per heavy atom. The van der Waals surface area contributed by atoms with Gasteiger partial charge in [0, 0.05) is 5.92 Å². The van der Waals surface area contributed by atoms with E-state index in [9.17, 15) is 24.3 Å². The monoisotopic (exact) mass is 500 g/mol. The van der Waals surface area contributed by atoms with E-state index in [0.717, 1.165) is 29.4 Å². The molecule has 10 heteroatoms. The number of esters is 1. The third-order valence-electron chi connectivity index (χ3n) is 5.78. The van der Waals surface area contributed by atoms with Gasteiger partial charge in [-0.1, -0.05) is 48.5 Å². The molecule has 0 unspecified atom stereocenters. The van der Waals surface area contributed by atoms with Crippen LogP contribution in [0, 0.1) is 0 Å². The quantitative estimate of drug-likeness (QED) is 0.402. The van der Waals surface area contributed by atoms with E-state index in [1.54, 1.807) is 0 Å². The number of aliphatic carboxylic acids is 1. The predicted octanol–water partition coefficient (Wildman–Crippen LogP) is 2.78. The SMILES string of the molecule is COC(=O)C[C@H](NC(=O)[C@@H](CCSC)NC(=O)OCC1c2ccccc2-c2ccccc21)C(=O)O. The Balaban J connectivity index is 1.65. The molecular formula is C25H28N2O7S. The molecule has 0 fully saturated rings. The van der Waals surface area contributed by atoms with Gasteiger partial charge < -0.3 is 25.2 Å². The summed E-state index contributed by atoms with van der Waals surface area (Å²) in [6.45, 7) is 0.0802. The second kappa shape index (κ2) is 12.3. The van der Waals surface area contributed by atoms with Crippen LogP contribution < -0.4 is 10.6 Å². The van der Waals surface area contributed by atoms with Gasteiger partial charge in [-0.2, -0.15) is 11.8 Å². The largest absolute Gasteiger partial charge is 0.480 e. The summed E-state index contributed by atoms with van der Waals surface area (Å²) in [5, 5.41) is 14.2. The number of carboxylic acid groups (broad SMARTS) is 1. The predicted molar refractivity (Wildman–Crippen MR) is 131 cm³/mol. The van der Waals surface area contributed by atoms with Crippen LogP contribution in [-0.4, -0.2) is 66.9 Å². The molecule has 0 saturated heterocycles. The molecular weight excluding hydrogens is 472 g/mol. The van der Waals surface area contributed by atoms with E-state index in [1.807, 2.05) is 54.8 Å². The molecule has 0 aliphatic heterocycles. The van der Waals surface area contributed by atoms with E-state index < -0.39 is 42.4 Å². The summed E-state index contributed by atoms with van der Waals surface area (Å²) >= 11 is 1.47. The van der Waals surface area contributed by atoms with Crippen molar-refractivity contribution in [3.8, 4) is 11.1 Å². The number of methoxy groups -OCH3 is 1. The molecule has 1 aliphatic rings. The van der Waals surface area contributed by atoms with Crippen molar-refractivity contribution in [2.24, 2.45) is 0 Å². The normalized spacial score (nSPS) is 13.7.